The molecule has 1 fully saturated rings. The Kier molecular flexibility index (Phi) is 6.84. The Balaban J connectivity index is 2.27. The summed E-state index contributed by atoms with van der Waals surface area (Å²) in [4.78, 5) is 27.6. The van der Waals surface area contributed by atoms with Crippen molar-refractivity contribution in [2.45, 2.75) is 25.8 Å². The van der Waals surface area contributed by atoms with Crippen molar-refractivity contribution in [3.8, 4) is 17.2 Å². The lowest BCUT2D eigenvalue weighted by atomic mass is 9.94. The van der Waals surface area contributed by atoms with Gasteiger partial charge in [0.2, 0.25) is 0 Å². The molecule has 2 aromatic carbocycles. The number of amides is 1. The molecule has 0 radical (unpaired) electrons. The van der Waals surface area contributed by atoms with Gasteiger partial charge in [-0.1, -0.05) is 31.5 Å². The molecule has 31 heavy (non-hydrogen) atoms. The van der Waals surface area contributed by atoms with E-state index in [-0.39, 0.29) is 16.9 Å². The van der Waals surface area contributed by atoms with Crippen LogP contribution in [0.25, 0.3) is 5.76 Å². The molecule has 1 saturated heterocycles. The quantitative estimate of drug-likeness (QED) is 0.392. The molecule has 0 aliphatic carbocycles. The van der Waals surface area contributed by atoms with Crippen LogP contribution in [0.1, 0.15) is 36.9 Å². The SMILES string of the molecule is CCCCN1C(=O)C(=O)/C(=C(/O)c2c(OC)cccc2OC)C1c1cccc(OC)c1. The summed E-state index contributed by atoms with van der Waals surface area (Å²) < 4.78 is 16.1. The molecule has 164 valence electrons. The van der Waals surface area contributed by atoms with Gasteiger partial charge < -0.3 is 24.2 Å². The predicted octanol–water partition coefficient (Wildman–Crippen LogP) is 3.93. The maximum absolute atomic E-state index is 13.1. The fraction of sp³-hybridized carbons (Fsp3) is 0.333. The van der Waals surface area contributed by atoms with Crippen molar-refractivity contribution in [1.82, 2.24) is 4.90 Å². The number of ketones is 1. The Morgan fingerprint density at radius 1 is 1.00 bits per heavy atom. The van der Waals surface area contributed by atoms with E-state index in [9.17, 15) is 14.7 Å². The molecule has 1 N–H and O–H groups in total. The molecular formula is C24H27NO6. The average Bonchev–Trinajstić information content (AvgIpc) is 3.06. The van der Waals surface area contributed by atoms with Gasteiger partial charge in [0, 0.05) is 6.54 Å². The molecule has 0 spiro atoms. The molecule has 7 heteroatoms. The van der Waals surface area contributed by atoms with Crippen LogP contribution in [0.15, 0.2) is 48.0 Å². The molecule has 0 aromatic heterocycles. The zero-order chi connectivity index (χ0) is 22.5. The number of likely N-dealkylation sites (tertiary alicyclic amines) is 1. The topological polar surface area (TPSA) is 85.3 Å². The second-order valence-electron chi connectivity index (χ2n) is 7.16. The summed E-state index contributed by atoms with van der Waals surface area (Å²) in [6.45, 7) is 2.40. The van der Waals surface area contributed by atoms with Crippen LogP contribution in [-0.2, 0) is 9.59 Å². The minimum atomic E-state index is -0.753. The number of hydrogen-bond donors (Lipinski definition) is 1. The number of hydrogen-bond acceptors (Lipinski definition) is 6. The van der Waals surface area contributed by atoms with Crippen LogP contribution in [-0.4, -0.2) is 49.6 Å². The molecule has 1 amide bonds. The second kappa shape index (κ2) is 9.55. The summed E-state index contributed by atoms with van der Waals surface area (Å²) in [5.41, 5.74) is 0.899. The number of carbonyl (C=O) groups excluding carboxylic acids is 2. The summed E-state index contributed by atoms with van der Waals surface area (Å²) in [7, 11) is 4.47. The fourth-order valence-electron chi connectivity index (χ4n) is 3.82. The first-order valence-corrected chi connectivity index (χ1v) is 10.1. The third kappa shape index (κ3) is 4.08. The fourth-order valence-corrected chi connectivity index (χ4v) is 3.82. The Bertz CT molecular complexity index is 991. The maximum Gasteiger partial charge on any atom is 0.295 e. The third-order valence-electron chi connectivity index (χ3n) is 5.37. The normalized spacial score (nSPS) is 17.7. The number of unbranched alkanes of at least 4 members (excludes halogenated alkanes) is 1. The lowest BCUT2D eigenvalue weighted by Gasteiger charge is -2.25. The first-order chi connectivity index (χ1) is 15.0. The number of aliphatic hydroxyl groups is 1. The van der Waals surface area contributed by atoms with Crippen molar-refractivity contribution >= 4 is 17.4 Å². The van der Waals surface area contributed by atoms with Crippen LogP contribution in [0.4, 0.5) is 0 Å². The van der Waals surface area contributed by atoms with Gasteiger partial charge in [0.1, 0.15) is 28.6 Å². The van der Waals surface area contributed by atoms with E-state index in [1.807, 2.05) is 13.0 Å². The van der Waals surface area contributed by atoms with Crippen LogP contribution >= 0.6 is 0 Å². The van der Waals surface area contributed by atoms with Gasteiger partial charge in [-0.05, 0) is 36.2 Å². The monoisotopic (exact) mass is 425 g/mol. The Morgan fingerprint density at radius 3 is 2.23 bits per heavy atom. The average molecular weight is 425 g/mol. The number of methoxy groups -OCH3 is 3. The highest BCUT2D eigenvalue weighted by molar-refractivity contribution is 6.46. The smallest absolute Gasteiger partial charge is 0.295 e. The minimum absolute atomic E-state index is 0.00263. The van der Waals surface area contributed by atoms with Gasteiger partial charge in [0.05, 0.1) is 32.9 Å². The Morgan fingerprint density at radius 2 is 1.65 bits per heavy atom. The molecule has 2 aromatic rings. The zero-order valence-corrected chi connectivity index (χ0v) is 18.2. The van der Waals surface area contributed by atoms with E-state index in [1.165, 1.54) is 19.1 Å². The number of ether oxygens (including phenoxy) is 3. The number of nitrogens with zero attached hydrogens (tertiary/aromatic N) is 1. The second-order valence-corrected chi connectivity index (χ2v) is 7.16. The van der Waals surface area contributed by atoms with Gasteiger partial charge in [-0.3, -0.25) is 9.59 Å². The number of Topliss-reactive ketones (excluding diaryl/α,β-unsaturated/α-hetero) is 1. The van der Waals surface area contributed by atoms with Crippen molar-refractivity contribution < 1.29 is 28.9 Å². The molecule has 1 aliphatic rings. The van der Waals surface area contributed by atoms with Crippen LogP contribution in [0, 0.1) is 0 Å². The summed E-state index contributed by atoms with van der Waals surface area (Å²) in [5.74, 6) is -0.457. The van der Waals surface area contributed by atoms with Gasteiger partial charge in [-0.2, -0.15) is 0 Å². The summed E-state index contributed by atoms with van der Waals surface area (Å²) in [6, 6.07) is 11.4. The third-order valence-corrected chi connectivity index (χ3v) is 5.37. The Labute approximate surface area is 181 Å². The van der Waals surface area contributed by atoms with E-state index in [4.69, 9.17) is 14.2 Å². The summed E-state index contributed by atoms with van der Waals surface area (Å²) in [6.07, 6.45) is 1.58. The summed E-state index contributed by atoms with van der Waals surface area (Å²) in [5, 5.41) is 11.3. The first kappa shape index (κ1) is 22.2. The highest BCUT2D eigenvalue weighted by atomic mass is 16.5. The highest BCUT2D eigenvalue weighted by Gasteiger charge is 2.46. The van der Waals surface area contributed by atoms with E-state index in [2.05, 4.69) is 0 Å². The zero-order valence-electron chi connectivity index (χ0n) is 18.2. The lowest BCUT2D eigenvalue weighted by Crippen LogP contribution is -2.30. The van der Waals surface area contributed by atoms with Crippen LogP contribution in [0.2, 0.25) is 0 Å². The molecule has 1 atom stereocenters. The van der Waals surface area contributed by atoms with E-state index >= 15 is 0 Å². The van der Waals surface area contributed by atoms with Gasteiger partial charge in [0.25, 0.3) is 11.7 Å². The number of aliphatic hydroxyl groups excluding tert-OH is 1. The van der Waals surface area contributed by atoms with Gasteiger partial charge in [-0.25, -0.2) is 0 Å². The van der Waals surface area contributed by atoms with Crippen molar-refractivity contribution in [3.63, 3.8) is 0 Å². The standard InChI is InChI=1S/C24H27NO6/c1-5-6-13-25-21(15-9-7-10-16(14-15)29-2)20(23(27)24(25)28)22(26)19-17(30-3)11-8-12-18(19)31-4/h7-12,14,21,26H,5-6,13H2,1-4H3/b22-20+. The van der Waals surface area contributed by atoms with Crippen molar-refractivity contribution in [2.75, 3.05) is 27.9 Å². The summed E-state index contributed by atoms with van der Waals surface area (Å²) >= 11 is 0. The van der Waals surface area contributed by atoms with Crippen molar-refractivity contribution in [3.05, 3.63) is 59.2 Å². The van der Waals surface area contributed by atoms with Gasteiger partial charge >= 0.3 is 0 Å². The number of rotatable bonds is 8. The van der Waals surface area contributed by atoms with E-state index in [0.29, 0.717) is 29.4 Å². The molecule has 1 unspecified atom stereocenters. The van der Waals surface area contributed by atoms with E-state index in [0.717, 1.165) is 12.8 Å². The molecule has 0 bridgehead atoms. The van der Waals surface area contributed by atoms with Crippen molar-refractivity contribution in [1.29, 1.82) is 0 Å². The molecular weight excluding hydrogens is 398 g/mol. The first-order valence-electron chi connectivity index (χ1n) is 10.1. The highest BCUT2D eigenvalue weighted by Crippen LogP contribution is 2.43. The number of benzene rings is 2. The molecule has 1 aliphatic heterocycles. The van der Waals surface area contributed by atoms with Gasteiger partial charge in [-0.15, -0.1) is 0 Å². The lowest BCUT2D eigenvalue weighted by molar-refractivity contribution is -0.139. The minimum Gasteiger partial charge on any atom is -0.506 e. The van der Waals surface area contributed by atoms with Crippen LogP contribution in [0.5, 0.6) is 17.2 Å². The molecule has 0 saturated carbocycles. The molecule has 1 heterocycles. The molecule has 3 rings (SSSR count). The van der Waals surface area contributed by atoms with E-state index in [1.54, 1.807) is 43.5 Å². The Hall–Kier alpha value is -3.48. The number of carbonyl (C=O) groups is 2. The van der Waals surface area contributed by atoms with Gasteiger partial charge in [0.15, 0.2) is 0 Å². The van der Waals surface area contributed by atoms with Crippen LogP contribution < -0.4 is 14.2 Å². The van der Waals surface area contributed by atoms with Crippen molar-refractivity contribution in [2.24, 2.45) is 0 Å². The van der Waals surface area contributed by atoms with Crippen LogP contribution in [0.3, 0.4) is 0 Å². The molecule has 7 nitrogen and oxygen atoms in total. The maximum atomic E-state index is 13.1. The largest absolute Gasteiger partial charge is 0.506 e. The predicted molar refractivity (Wildman–Crippen MR) is 116 cm³/mol. The van der Waals surface area contributed by atoms with E-state index < -0.39 is 17.7 Å².